The maximum atomic E-state index is 8.31. The molecule has 0 aromatic carbocycles. The SMILES string of the molecule is C=CC/C=C/CCCC/C=C/CCC#N. The lowest BCUT2D eigenvalue weighted by molar-refractivity contribution is 0.759. The van der Waals surface area contributed by atoms with Crippen LogP contribution in [-0.2, 0) is 0 Å². The van der Waals surface area contributed by atoms with Crippen molar-refractivity contribution < 1.29 is 0 Å². The molecule has 0 N–H and O–H groups in total. The predicted octanol–water partition coefficient (Wildman–Crippen LogP) is 4.54. The van der Waals surface area contributed by atoms with Crippen LogP contribution in [0.15, 0.2) is 37.0 Å². The van der Waals surface area contributed by atoms with E-state index in [-0.39, 0.29) is 0 Å². The molecule has 82 valence electrons. The van der Waals surface area contributed by atoms with Gasteiger partial charge in [0.25, 0.3) is 0 Å². The van der Waals surface area contributed by atoms with Crippen molar-refractivity contribution in [2.24, 2.45) is 0 Å². The lowest BCUT2D eigenvalue weighted by Crippen LogP contribution is -1.73. The van der Waals surface area contributed by atoms with Crippen molar-refractivity contribution in [2.45, 2.75) is 44.9 Å². The molecule has 0 unspecified atom stereocenters. The second-order valence-corrected chi connectivity index (χ2v) is 3.45. The van der Waals surface area contributed by atoms with Gasteiger partial charge < -0.3 is 0 Å². The zero-order chi connectivity index (χ0) is 11.2. The fraction of sp³-hybridized carbons (Fsp3) is 0.500. The quantitative estimate of drug-likeness (QED) is 0.398. The smallest absolute Gasteiger partial charge is 0.0624 e. The minimum absolute atomic E-state index is 0.640. The Bertz CT molecular complexity index is 230. The summed E-state index contributed by atoms with van der Waals surface area (Å²) in [6, 6.07) is 2.13. The van der Waals surface area contributed by atoms with Gasteiger partial charge in [-0.25, -0.2) is 0 Å². The summed E-state index contributed by atoms with van der Waals surface area (Å²) in [5.74, 6) is 0. The number of hydrogen-bond acceptors (Lipinski definition) is 1. The second kappa shape index (κ2) is 12.7. The Balaban J connectivity index is 3.14. The van der Waals surface area contributed by atoms with E-state index >= 15 is 0 Å². The van der Waals surface area contributed by atoms with Crippen LogP contribution in [0.5, 0.6) is 0 Å². The highest BCUT2D eigenvalue weighted by Gasteiger charge is 1.83. The van der Waals surface area contributed by atoms with Crippen molar-refractivity contribution in [2.75, 3.05) is 0 Å². The molecule has 1 heteroatoms. The van der Waals surface area contributed by atoms with E-state index in [1.54, 1.807) is 0 Å². The summed E-state index contributed by atoms with van der Waals surface area (Å²) in [6.45, 7) is 3.66. The van der Waals surface area contributed by atoms with Crippen LogP contribution in [0.1, 0.15) is 44.9 Å². The average molecular weight is 203 g/mol. The van der Waals surface area contributed by atoms with Crippen LogP contribution >= 0.6 is 0 Å². The number of nitriles is 1. The van der Waals surface area contributed by atoms with Gasteiger partial charge in [-0.05, 0) is 38.5 Å². The third-order valence-corrected chi connectivity index (χ3v) is 2.05. The van der Waals surface area contributed by atoms with Gasteiger partial charge in [0.05, 0.1) is 6.07 Å². The van der Waals surface area contributed by atoms with Crippen LogP contribution in [0.25, 0.3) is 0 Å². The molecule has 0 bridgehead atoms. The van der Waals surface area contributed by atoms with E-state index in [9.17, 15) is 0 Å². The van der Waals surface area contributed by atoms with Gasteiger partial charge in [0, 0.05) is 6.42 Å². The van der Waals surface area contributed by atoms with Crippen molar-refractivity contribution in [3.8, 4) is 6.07 Å². The Morgan fingerprint density at radius 1 is 0.933 bits per heavy atom. The largest absolute Gasteiger partial charge is 0.198 e. The van der Waals surface area contributed by atoms with Crippen molar-refractivity contribution in [1.29, 1.82) is 5.26 Å². The molecule has 0 aliphatic heterocycles. The molecule has 0 saturated carbocycles. The molecule has 0 spiro atoms. The van der Waals surface area contributed by atoms with Gasteiger partial charge in [0.2, 0.25) is 0 Å². The Morgan fingerprint density at radius 3 is 2.13 bits per heavy atom. The van der Waals surface area contributed by atoms with E-state index in [0.29, 0.717) is 6.42 Å². The molecule has 0 atom stereocenters. The van der Waals surface area contributed by atoms with E-state index in [2.05, 4.69) is 37.0 Å². The number of allylic oxidation sites excluding steroid dienone is 5. The van der Waals surface area contributed by atoms with Crippen LogP contribution in [0.2, 0.25) is 0 Å². The lowest BCUT2D eigenvalue weighted by Gasteiger charge is -1.92. The Kier molecular flexibility index (Phi) is 11.6. The first-order chi connectivity index (χ1) is 7.41. The lowest BCUT2D eigenvalue weighted by atomic mass is 10.1. The van der Waals surface area contributed by atoms with Crippen LogP contribution in [0, 0.1) is 11.3 Å². The number of unbranched alkanes of at least 4 members (excludes halogenated alkanes) is 4. The highest BCUT2D eigenvalue weighted by atomic mass is 14.2. The fourth-order valence-corrected chi connectivity index (χ4v) is 1.22. The second-order valence-electron chi connectivity index (χ2n) is 3.45. The molecular formula is C14H21N. The monoisotopic (exact) mass is 203 g/mol. The highest BCUT2D eigenvalue weighted by molar-refractivity contribution is 4.89. The first-order valence-corrected chi connectivity index (χ1v) is 5.69. The average Bonchev–Trinajstić information content (AvgIpc) is 2.26. The normalized spacial score (nSPS) is 10.9. The number of hydrogen-bond donors (Lipinski definition) is 0. The van der Waals surface area contributed by atoms with Gasteiger partial charge in [-0.1, -0.05) is 30.4 Å². The molecular weight excluding hydrogens is 182 g/mol. The molecule has 0 heterocycles. The fourth-order valence-electron chi connectivity index (χ4n) is 1.22. The third-order valence-electron chi connectivity index (χ3n) is 2.05. The zero-order valence-corrected chi connectivity index (χ0v) is 9.49. The van der Waals surface area contributed by atoms with Crippen molar-refractivity contribution in [3.63, 3.8) is 0 Å². The van der Waals surface area contributed by atoms with E-state index in [0.717, 1.165) is 19.3 Å². The van der Waals surface area contributed by atoms with E-state index in [4.69, 9.17) is 5.26 Å². The minimum Gasteiger partial charge on any atom is -0.198 e. The van der Waals surface area contributed by atoms with E-state index < -0.39 is 0 Å². The topological polar surface area (TPSA) is 23.8 Å². The predicted molar refractivity (Wildman–Crippen MR) is 66.4 cm³/mol. The van der Waals surface area contributed by atoms with Gasteiger partial charge in [-0.15, -0.1) is 6.58 Å². The van der Waals surface area contributed by atoms with Gasteiger partial charge in [-0.2, -0.15) is 5.26 Å². The Labute approximate surface area is 93.8 Å². The Hall–Kier alpha value is -1.29. The maximum Gasteiger partial charge on any atom is 0.0624 e. The molecule has 0 fully saturated rings. The maximum absolute atomic E-state index is 8.31. The van der Waals surface area contributed by atoms with Crippen LogP contribution < -0.4 is 0 Å². The molecule has 0 rings (SSSR count). The van der Waals surface area contributed by atoms with Crippen LogP contribution in [0.4, 0.5) is 0 Å². The molecule has 1 nitrogen and oxygen atoms in total. The molecule has 0 amide bonds. The minimum atomic E-state index is 0.640. The molecule has 0 aliphatic rings. The van der Waals surface area contributed by atoms with Gasteiger partial charge in [0.1, 0.15) is 0 Å². The zero-order valence-electron chi connectivity index (χ0n) is 9.49. The van der Waals surface area contributed by atoms with Crippen LogP contribution in [-0.4, -0.2) is 0 Å². The molecule has 0 saturated heterocycles. The van der Waals surface area contributed by atoms with Gasteiger partial charge >= 0.3 is 0 Å². The first kappa shape index (κ1) is 13.7. The number of rotatable bonds is 9. The van der Waals surface area contributed by atoms with Crippen molar-refractivity contribution in [1.82, 2.24) is 0 Å². The first-order valence-electron chi connectivity index (χ1n) is 5.69. The van der Waals surface area contributed by atoms with Gasteiger partial charge in [0.15, 0.2) is 0 Å². The molecule has 0 aromatic rings. The van der Waals surface area contributed by atoms with E-state index in [1.807, 2.05) is 6.08 Å². The Morgan fingerprint density at radius 2 is 1.53 bits per heavy atom. The van der Waals surface area contributed by atoms with Crippen LogP contribution in [0.3, 0.4) is 0 Å². The summed E-state index contributed by atoms with van der Waals surface area (Å²) >= 11 is 0. The summed E-state index contributed by atoms with van der Waals surface area (Å²) in [5.41, 5.74) is 0. The summed E-state index contributed by atoms with van der Waals surface area (Å²) in [5, 5.41) is 8.31. The third kappa shape index (κ3) is 12.7. The summed E-state index contributed by atoms with van der Waals surface area (Å²) < 4.78 is 0. The van der Waals surface area contributed by atoms with E-state index in [1.165, 1.54) is 19.3 Å². The molecule has 0 aliphatic carbocycles. The molecule has 15 heavy (non-hydrogen) atoms. The summed E-state index contributed by atoms with van der Waals surface area (Å²) in [4.78, 5) is 0. The summed E-state index contributed by atoms with van der Waals surface area (Å²) in [7, 11) is 0. The molecule has 0 radical (unpaired) electrons. The standard InChI is InChI=1S/C14H21N/c1-2-3-4-5-6-7-8-9-10-11-12-13-14-15/h2,4-5,10-11H,1,3,6-9,12-13H2/b5-4+,11-10+. The number of nitrogens with zero attached hydrogens (tertiary/aromatic N) is 1. The summed E-state index contributed by atoms with van der Waals surface area (Å²) in [6.07, 6.45) is 17.9. The van der Waals surface area contributed by atoms with Crippen molar-refractivity contribution in [3.05, 3.63) is 37.0 Å². The van der Waals surface area contributed by atoms with Gasteiger partial charge in [-0.3, -0.25) is 0 Å². The highest BCUT2D eigenvalue weighted by Crippen LogP contribution is 2.03. The molecule has 0 aromatic heterocycles. The van der Waals surface area contributed by atoms with Crippen molar-refractivity contribution >= 4 is 0 Å².